The molecule has 0 aromatic heterocycles. The molecule has 7 nitrogen and oxygen atoms in total. The van der Waals surface area contributed by atoms with Crippen LogP contribution >= 0.6 is 0 Å². The van der Waals surface area contributed by atoms with Crippen LogP contribution in [0.5, 0.6) is 5.75 Å². The molecule has 2 amide bonds. The Kier molecular flexibility index (Phi) is 7.56. The first-order chi connectivity index (χ1) is 13.3. The van der Waals surface area contributed by atoms with Gasteiger partial charge in [-0.25, -0.2) is 4.79 Å². The summed E-state index contributed by atoms with van der Waals surface area (Å²) >= 11 is 0. The molecule has 0 bridgehead atoms. The fourth-order valence-electron chi connectivity index (χ4n) is 2.23. The first-order valence-corrected chi connectivity index (χ1v) is 8.95. The van der Waals surface area contributed by atoms with Crippen LogP contribution in [0.3, 0.4) is 0 Å². The van der Waals surface area contributed by atoms with Crippen molar-refractivity contribution in [2.45, 2.75) is 20.3 Å². The topological polar surface area (TPSA) is 108 Å². The van der Waals surface area contributed by atoms with E-state index in [4.69, 9.17) is 15.2 Å². The van der Waals surface area contributed by atoms with Crippen molar-refractivity contribution in [1.29, 1.82) is 0 Å². The fourth-order valence-corrected chi connectivity index (χ4v) is 2.23. The van der Waals surface area contributed by atoms with Gasteiger partial charge >= 0.3 is 5.97 Å². The molecule has 0 saturated carbocycles. The summed E-state index contributed by atoms with van der Waals surface area (Å²) in [6.45, 7) is 4.43. The van der Waals surface area contributed by atoms with E-state index in [-0.39, 0.29) is 0 Å². The number of rotatable bonds is 9. The first-order valence-electron chi connectivity index (χ1n) is 8.95. The third kappa shape index (κ3) is 6.75. The maximum Gasteiger partial charge on any atom is 0.338 e. The Labute approximate surface area is 163 Å². The van der Waals surface area contributed by atoms with Gasteiger partial charge in [-0.05, 0) is 60.9 Å². The molecule has 0 fully saturated rings. The van der Waals surface area contributed by atoms with E-state index < -0.39 is 24.4 Å². The Hall–Kier alpha value is -3.35. The average Bonchev–Trinajstić information content (AvgIpc) is 2.67. The van der Waals surface area contributed by atoms with E-state index in [0.29, 0.717) is 35.1 Å². The molecule has 2 rings (SSSR count). The summed E-state index contributed by atoms with van der Waals surface area (Å²) in [5, 5.41) is 2.57. The average molecular weight is 384 g/mol. The summed E-state index contributed by atoms with van der Waals surface area (Å²) in [5.74, 6) is -0.416. The van der Waals surface area contributed by atoms with Crippen LogP contribution in [0.1, 0.15) is 41.0 Å². The minimum absolute atomic E-state index is 0.329. The molecule has 148 valence electrons. The van der Waals surface area contributed by atoms with Crippen LogP contribution < -0.4 is 15.8 Å². The largest absolute Gasteiger partial charge is 0.494 e. The predicted octanol–water partition coefficient (Wildman–Crippen LogP) is 3.01. The van der Waals surface area contributed by atoms with Gasteiger partial charge in [0.1, 0.15) is 5.75 Å². The summed E-state index contributed by atoms with van der Waals surface area (Å²) in [5.41, 5.74) is 6.28. The lowest BCUT2D eigenvalue weighted by atomic mass is 10.1. The summed E-state index contributed by atoms with van der Waals surface area (Å²) in [4.78, 5) is 35.0. The lowest BCUT2D eigenvalue weighted by Crippen LogP contribution is -2.21. The number of primary amides is 1. The number of carbonyl (C=O) groups is 3. The van der Waals surface area contributed by atoms with Crippen molar-refractivity contribution in [3.63, 3.8) is 0 Å². The highest BCUT2D eigenvalue weighted by atomic mass is 16.5. The van der Waals surface area contributed by atoms with Crippen molar-refractivity contribution in [3.8, 4) is 5.75 Å². The quantitative estimate of drug-likeness (QED) is 0.646. The van der Waals surface area contributed by atoms with Crippen LogP contribution in [0.25, 0.3) is 0 Å². The molecule has 0 aliphatic rings. The van der Waals surface area contributed by atoms with Gasteiger partial charge in [-0.2, -0.15) is 0 Å². The van der Waals surface area contributed by atoms with E-state index in [1.165, 1.54) is 24.3 Å². The van der Waals surface area contributed by atoms with E-state index in [0.717, 1.165) is 6.42 Å². The Bertz CT molecular complexity index is 814. The number of hydrogen-bond donors (Lipinski definition) is 2. The Morgan fingerprint density at radius 3 is 2.14 bits per heavy atom. The van der Waals surface area contributed by atoms with Crippen molar-refractivity contribution in [1.82, 2.24) is 0 Å². The molecule has 2 aromatic carbocycles. The van der Waals surface area contributed by atoms with Crippen LogP contribution in [-0.2, 0) is 9.53 Å². The van der Waals surface area contributed by atoms with Crippen LogP contribution in [0.15, 0.2) is 48.5 Å². The molecule has 0 heterocycles. The number of benzene rings is 2. The Balaban J connectivity index is 1.79. The van der Waals surface area contributed by atoms with Crippen molar-refractivity contribution in [2.75, 3.05) is 18.5 Å². The third-order valence-electron chi connectivity index (χ3n) is 3.84. The number of anilines is 1. The van der Waals surface area contributed by atoms with Gasteiger partial charge in [0.2, 0.25) is 5.91 Å². The van der Waals surface area contributed by atoms with Crippen molar-refractivity contribution in [2.24, 2.45) is 11.7 Å². The lowest BCUT2D eigenvalue weighted by molar-refractivity contribution is -0.119. The number of esters is 1. The predicted molar refractivity (Wildman–Crippen MR) is 105 cm³/mol. The molecule has 0 unspecified atom stereocenters. The van der Waals surface area contributed by atoms with Crippen molar-refractivity contribution < 1.29 is 23.9 Å². The number of ether oxygens (including phenoxy) is 2. The highest BCUT2D eigenvalue weighted by Crippen LogP contribution is 2.14. The van der Waals surface area contributed by atoms with Crippen molar-refractivity contribution >= 4 is 23.5 Å². The van der Waals surface area contributed by atoms with Crippen LogP contribution in [0.4, 0.5) is 5.69 Å². The van der Waals surface area contributed by atoms with Crippen LogP contribution in [0.2, 0.25) is 0 Å². The fraction of sp³-hybridized carbons (Fsp3) is 0.286. The summed E-state index contributed by atoms with van der Waals surface area (Å²) in [6, 6.07) is 12.6. The number of carbonyl (C=O) groups excluding carboxylic acids is 3. The standard InChI is InChI=1S/C21H24N2O5/c1-14(2)11-12-27-18-9-5-16(6-10-18)21(26)28-13-19(24)23-17-7-3-15(4-8-17)20(22)25/h3-10,14H,11-13H2,1-2H3,(H2,22,25)(H,23,24). The van der Waals surface area contributed by atoms with Gasteiger partial charge in [0.15, 0.2) is 6.61 Å². The van der Waals surface area contributed by atoms with Gasteiger partial charge in [-0.3, -0.25) is 9.59 Å². The van der Waals surface area contributed by atoms with Gasteiger partial charge < -0.3 is 20.5 Å². The molecule has 0 spiro atoms. The van der Waals surface area contributed by atoms with Gasteiger partial charge in [0.05, 0.1) is 12.2 Å². The van der Waals surface area contributed by atoms with E-state index in [1.807, 2.05) is 0 Å². The third-order valence-corrected chi connectivity index (χ3v) is 3.84. The molecule has 0 saturated heterocycles. The first kappa shape index (κ1) is 21.0. The van der Waals surface area contributed by atoms with E-state index in [2.05, 4.69) is 19.2 Å². The maximum atomic E-state index is 12.0. The normalized spacial score (nSPS) is 10.4. The highest BCUT2D eigenvalue weighted by Gasteiger charge is 2.11. The second-order valence-electron chi connectivity index (χ2n) is 6.62. The minimum atomic E-state index is -0.604. The maximum absolute atomic E-state index is 12.0. The van der Waals surface area contributed by atoms with Gasteiger partial charge in [-0.1, -0.05) is 13.8 Å². The summed E-state index contributed by atoms with van der Waals surface area (Å²) in [7, 11) is 0. The van der Waals surface area contributed by atoms with Gasteiger partial charge in [0, 0.05) is 11.3 Å². The van der Waals surface area contributed by atoms with Crippen molar-refractivity contribution in [3.05, 3.63) is 59.7 Å². The van der Waals surface area contributed by atoms with Gasteiger partial charge in [0.25, 0.3) is 5.91 Å². The second-order valence-corrected chi connectivity index (χ2v) is 6.62. The van der Waals surface area contributed by atoms with Crippen LogP contribution in [-0.4, -0.2) is 31.0 Å². The molecule has 3 N–H and O–H groups in total. The number of hydrogen-bond acceptors (Lipinski definition) is 5. The van der Waals surface area contributed by atoms with Crippen LogP contribution in [0, 0.1) is 5.92 Å². The molecular weight excluding hydrogens is 360 g/mol. The molecular formula is C21H24N2O5. The summed E-state index contributed by atoms with van der Waals surface area (Å²) in [6.07, 6.45) is 0.949. The molecule has 2 aromatic rings. The van der Waals surface area contributed by atoms with E-state index in [9.17, 15) is 14.4 Å². The smallest absolute Gasteiger partial charge is 0.338 e. The lowest BCUT2D eigenvalue weighted by Gasteiger charge is -2.09. The van der Waals surface area contributed by atoms with Gasteiger partial charge in [-0.15, -0.1) is 0 Å². The number of nitrogens with one attached hydrogen (secondary N) is 1. The Morgan fingerprint density at radius 2 is 1.57 bits per heavy atom. The minimum Gasteiger partial charge on any atom is -0.494 e. The zero-order valence-corrected chi connectivity index (χ0v) is 15.9. The number of nitrogens with two attached hydrogens (primary N) is 1. The molecule has 28 heavy (non-hydrogen) atoms. The highest BCUT2D eigenvalue weighted by molar-refractivity contribution is 5.96. The van der Waals surface area contributed by atoms with E-state index >= 15 is 0 Å². The van der Waals surface area contributed by atoms with E-state index in [1.54, 1.807) is 24.3 Å². The number of amides is 2. The molecule has 0 atom stereocenters. The molecule has 0 aliphatic carbocycles. The second kappa shape index (κ2) is 10.1. The zero-order chi connectivity index (χ0) is 20.5. The molecule has 7 heteroatoms. The molecule has 0 aliphatic heterocycles. The summed E-state index contributed by atoms with van der Waals surface area (Å²) < 4.78 is 10.6. The Morgan fingerprint density at radius 1 is 0.964 bits per heavy atom. The zero-order valence-electron chi connectivity index (χ0n) is 15.9. The monoisotopic (exact) mass is 384 g/mol. The SMILES string of the molecule is CC(C)CCOc1ccc(C(=O)OCC(=O)Nc2ccc(C(N)=O)cc2)cc1. The molecule has 0 radical (unpaired) electrons.